The maximum Gasteiger partial charge on any atom is 0.357 e. The van der Waals surface area contributed by atoms with Gasteiger partial charge in [0.15, 0.2) is 10.9 Å². The molecule has 8 nitrogen and oxygen atoms in total. The second kappa shape index (κ2) is 13.2. The number of oxime groups is 1. The van der Waals surface area contributed by atoms with Gasteiger partial charge >= 0.3 is 7.60 Å². The Kier molecular flexibility index (Phi) is 10.2. The molecule has 2 aromatic carbocycles. The van der Waals surface area contributed by atoms with Gasteiger partial charge in [-0.25, -0.2) is 0 Å². The predicted octanol–water partition coefficient (Wildman–Crippen LogP) is 7.72. The molecular formula is C33H46N3O5PS. The van der Waals surface area contributed by atoms with Crippen molar-refractivity contribution in [3.8, 4) is 0 Å². The largest absolute Gasteiger partial charge is 0.411 e. The van der Waals surface area contributed by atoms with Gasteiger partial charge in [-0.05, 0) is 92.3 Å². The Hall–Kier alpha value is -2.58. The zero-order valence-corrected chi connectivity index (χ0v) is 28.1. The van der Waals surface area contributed by atoms with E-state index in [1.807, 2.05) is 38.1 Å². The molecule has 3 N–H and O–H groups in total. The second-order valence-electron chi connectivity index (χ2n) is 12.6. The molecule has 2 aromatic rings. The fourth-order valence-electron chi connectivity index (χ4n) is 7.11. The van der Waals surface area contributed by atoms with Crippen LogP contribution in [0.15, 0.2) is 47.6 Å². The Labute approximate surface area is 261 Å². The van der Waals surface area contributed by atoms with Crippen LogP contribution in [0.5, 0.6) is 0 Å². The van der Waals surface area contributed by atoms with Gasteiger partial charge in [-0.3, -0.25) is 9.36 Å². The summed E-state index contributed by atoms with van der Waals surface area (Å²) in [5.74, 6) is -0.901. The molecule has 2 aliphatic carbocycles. The maximum atomic E-state index is 14.2. The summed E-state index contributed by atoms with van der Waals surface area (Å²) in [6.45, 7) is 14.4. The van der Waals surface area contributed by atoms with Crippen molar-refractivity contribution in [2.45, 2.75) is 91.3 Å². The van der Waals surface area contributed by atoms with Crippen LogP contribution in [0.2, 0.25) is 0 Å². The van der Waals surface area contributed by atoms with Crippen molar-refractivity contribution < 1.29 is 23.6 Å². The predicted molar refractivity (Wildman–Crippen MR) is 175 cm³/mol. The first-order valence-corrected chi connectivity index (χ1v) is 17.3. The Morgan fingerprint density at radius 2 is 1.81 bits per heavy atom. The van der Waals surface area contributed by atoms with Crippen molar-refractivity contribution in [1.29, 1.82) is 0 Å². The third-order valence-corrected chi connectivity index (χ3v) is 11.9. The molecule has 1 saturated carbocycles. The zero-order chi connectivity index (χ0) is 31.6. The topological polar surface area (TPSA) is 109 Å². The van der Waals surface area contributed by atoms with E-state index < -0.39 is 18.8 Å². The normalized spacial score (nSPS) is 25.1. The first-order chi connectivity index (χ1) is 20.3. The van der Waals surface area contributed by atoms with E-state index in [0.717, 1.165) is 29.5 Å². The molecule has 0 spiro atoms. The highest BCUT2D eigenvalue weighted by Gasteiger charge is 2.56. The monoisotopic (exact) mass is 627 g/mol. The number of rotatable bonds is 9. The number of hydrogen-bond acceptors (Lipinski definition) is 7. The third kappa shape index (κ3) is 6.46. The van der Waals surface area contributed by atoms with Crippen LogP contribution < -0.4 is 10.6 Å². The molecule has 0 bridgehead atoms. The summed E-state index contributed by atoms with van der Waals surface area (Å²) < 4.78 is 25.4. The van der Waals surface area contributed by atoms with Gasteiger partial charge in [0.25, 0.3) is 0 Å². The molecule has 0 saturated heterocycles. The standard InChI is InChI=1S/C33H46N3O5PS/c1-8-40-42(39,41-9-2)29(24-13-10-12-22(5)18-24)34-31(43)35-30(37)33(7)17-11-16-32(6)26-15-14-23(21(3)4)19-25(26)27(36-38)20-28(32)33/h10,12-15,18-19,21,28-29,38H,8-9,11,16-17,20H2,1-7H3,(H2,34,35,37,43)/b36-27-/t28-,29?,32-,33-/m1/s1. The first-order valence-electron chi connectivity index (χ1n) is 15.3. The van der Waals surface area contributed by atoms with E-state index in [0.29, 0.717) is 30.0 Å². The molecule has 0 radical (unpaired) electrons. The maximum absolute atomic E-state index is 14.2. The molecule has 234 valence electrons. The van der Waals surface area contributed by atoms with E-state index in [9.17, 15) is 14.6 Å². The molecule has 0 aromatic heterocycles. The van der Waals surface area contributed by atoms with E-state index in [1.54, 1.807) is 13.8 Å². The van der Waals surface area contributed by atoms with Gasteiger partial charge in [0.05, 0.1) is 24.3 Å². The average Bonchev–Trinajstić information content (AvgIpc) is 2.95. The fraction of sp³-hybridized carbons (Fsp3) is 0.545. The van der Waals surface area contributed by atoms with Gasteiger partial charge in [-0.1, -0.05) is 81.2 Å². The van der Waals surface area contributed by atoms with Gasteiger partial charge in [0.1, 0.15) is 0 Å². The lowest BCUT2D eigenvalue weighted by Gasteiger charge is -2.54. The smallest absolute Gasteiger partial charge is 0.357 e. The Morgan fingerprint density at radius 3 is 2.42 bits per heavy atom. The van der Waals surface area contributed by atoms with Crippen LogP contribution in [0.1, 0.15) is 107 Å². The van der Waals surface area contributed by atoms with Crippen LogP contribution in [0.25, 0.3) is 0 Å². The van der Waals surface area contributed by atoms with Crippen LogP contribution in [0.4, 0.5) is 0 Å². The Bertz CT molecular complexity index is 1440. The van der Waals surface area contributed by atoms with E-state index in [-0.39, 0.29) is 35.6 Å². The van der Waals surface area contributed by atoms with E-state index in [4.69, 9.17) is 21.3 Å². The number of carbonyl (C=O) groups is 1. The minimum Gasteiger partial charge on any atom is -0.411 e. The molecule has 43 heavy (non-hydrogen) atoms. The van der Waals surface area contributed by atoms with Crippen LogP contribution in [0.3, 0.4) is 0 Å². The molecule has 1 fully saturated rings. The molecule has 0 heterocycles. The average molecular weight is 628 g/mol. The van der Waals surface area contributed by atoms with Crippen LogP contribution >= 0.6 is 19.8 Å². The highest BCUT2D eigenvalue weighted by molar-refractivity contribution is 7.80. The minimum atomic E-state index is -3.71. The number of carbonyl (C=O) groups excluding carboxylic acids is 1. The summed E-state index contributed by atoms with van der Waals surface area (Å²) in [5, 5.41) is 19.9. The summed E-state index contributed by atoms with van der Waals surface area (Å²) in [7, 11) is -3.71. The second-order valence-corrected chi connectivity index (χ2v) is 15.1. The summed E-state index contributed by atoms with van der Waals surface area (Å²) in [4.78, 5) is 14.2. The lowest BCUT2D eigenvalue weighted by atomic mass is 9.49. The molecule has 4 atom stereocenters. The summed E-state index contributed by atoms with van der Waals surface area (Å²) in [6, 6.07) is 14.0. The van der Waals surface area contributed by atoms with Gasteiger partial charge < -0.3 is 24.9 Å². The SMILES string of the molecule is CCOP(=O)(OCC)C(NC(=S)NC(=O)[C@]1(C)CCC[C@]2(C)c3ccc(C(C)C)cc3/C(=N\O)C[C@@H]12)c1cccc(C)c1. The highest BCUT2D eigenvalue weighted by atomic mass is 32.1. The van der Waals surface area contributed by atoms with Crippen LogP contribution in [0, 0.1) is 18.3 Å². The summed E-state index contributed by atoms with van der Waals surface area (Å²) in [6.07, 6.45) is 2.93. The number of nitrogens with zero attached hydrogens (tertiary/aromatic N) is 1. The molecule has 2 aliphatic rings. The van der Waals surface area contributed by atoms with Crippen LogP contribution in [-0.4, -0.2) is 35.2 Å². The number of benzene rings is 2. The molecule has 1 unspecified atom stereocenters. The van der Waals surface area contributed by atoms with Crippen molar-refractivity contribution >= 4 is 36.5 Å². The number of thiocarbonyl (C=S) groups is 1. The van der Waals surface area contributed by atoms with E-state index in [1.165, 1.54) is 5.56 Å². The lowest BCUT2D eigenvalue weighted by molar-refractivity contribution is -0.136. The molecular weight excluding hydrogens is 581 g/mol. The number of nitrogens with one attached hydrogen (secondary N) is 2. The molecule has 0 aliphatic heterocycles. The van der Waals surface area contributed by atoms with Gasteiger partial charge in [-0.15, -0.1) is 0 Å². The zero-order valence-electron chi connectivity index (χ0n) is 26.4. The van der Waals surface area contributed by atoms with Gasteiger partial charge in [-0.2, -0.15) is 0 Å². The van der Waals surface area contributed by atoms with E-state index in [2.05, 4.69) is 54.8 Å². The lowest BCUT2D eigenvalue weighted by Crippen LogP contribution is -2.58. The van der Waals surface area contributed by atoms with Crippen molar-refractivity contribution in [2.75, 3.05) is 13.2 Å². The summed E-state index contributed by atoms with van der Waals surface area (Å²) >= 11 is 5.68. The number of hydrogen-bond donors (Lipinski definition) is 3. The van der Waals surface area contributed by atoms with E-state index >= 15 is 0 Å². The number of amides is 1. The van der Waals surface area contributed by atoms with Crippen LogP contribution in [-0.2, 0) is 23.8 Å². The molecule has 1 amide bonds. The first kappa shape index (κ1) is 33.3. The van der Waals surface area contributed by atoms with Crippen molar-refractivity contribution in [2.24, 2.45) is 16.5 Å². The molecule has 10 heteroatoms. The van der Waals surface area contributed by atoms with Crippen molar-refractivity contribution in [1.82, 2.24) is 10.6 Å². The third-order valence-electron chi connectivity index (χ3n) is 9.39. The highest BCUT2D eigenvalue weighted by Crippen LogP contribution is 2.60. The Morgan fingerprint density at radius 1 is 1.12 bits per heavy atom. The fourth-order valence-corrected chi connectivity index (χ4v) is 9.32. The number of fused-ring (bicyclic) bond motifs is 3. The van der Waals surface area contributed by atoms with Gasteiger partial charge in [0.2, 0.25) is 5.91 Å². The van der Waals surface area contributed by atoms with Gasteiger partial charge in [0, 0.05) is 5.56 Å². The summed E-state index contributed by atoms with van der Waals surface area (Å²) in [5.41, 5.74) is 4.46. The minimum absolute atomic E-state index is 0.0541. The van der Waals surface area contributed by atoms with Crippen molar-refractivity contribution in [3.05, 3.63) is 70.3 Å². The number of aryl methyl sites for hydroxylation is 1. The Balaban J connectivity index is 1.64. The quantitative estimate of drug-likeness (QED) is 0.113. The molecule has 4 rings (SSSR count). The van der Waals surface area contributed by atoms with Crippen molar-refractivity contribution in [3.63, 3.8) is 0 Å².